The van der Waals surface area contributed by atoms with Crippen LogP contribution < -0.4 is 0 Å². The first-order valence-corrected chi connectivity index (χ1v) is 27.6. The van der Waals surface area contributed by atoms with Crippen LogP contribution in [0.25, 0.3) is 0 Å². The second kappa shape index (κ2) is 23.4. The minimum absolute atomic E-state index is 0.00586. The Balaban J connectivity index is 0.916. The molecule has 0 spiro atoms. The minimum Gasteiger partial charge on any atom is -0.462 e. The number of carbonyl (C=O) groups is 2. The number of esters is 1. The Hall–Kier alpha value is -1.12. The number of ketones is 1. The highest BCUT2D eigenvalue weighted by molar-refractivity contribution is 5.95. The van der Waals surface area contributed by atoms with Gasteiger partial charge in [-0.15, -0.1) is 0 Å². The highest BCUT2D eigenvalue weighted by Crippen LogP contribution is 2.75. The Morgan fingerprint density at radius 3 is 1.56 bits per heavy atom. The molecule has 4 fully saturated rings. The third-order valence-corrected chi connectivity index (χ3v) is 19.8. The minimum atomic E-state index is -0.139. The predicted octanol–water partition coefficient (Wildman–Crippen LogP) is 17.9. The van der Waals surface area contributed by atoms with Gasteiger partial charge in [0, 0.05) is 17.8 Å². The van der Waals surface area contributed by atoms with Gasteiger partial charge < -0.3 is 4.74 Å². The van der Waals surface area contributed by atoms with Crippen molar-refractivity contribution in [3.63, 3.8) is 0 Å². The fraction of sp³-hybridized carbons (Fsp3) is 0.931. The van der Waals surface area contributed by atoms with E-state index in [1.165, 1.54) is 179 Å². The Bertz CT molecular complexity index is 1380. The quantitative estimate of drug-likeness (QED) is 0.0611. The normalized spacial score (nSPS) is 35.4. The summed E-state index contributed by atoms with van der Waals surface area (Å²) in [6, 6.07) is 0. The molecule has 0 aromatic heterocycles. The van der Waals surface area contributed by atoms with E-state index in [1.54, 1.807) is 0 Å². The number of fused-ring (bicyclic) bond motifs is 7. The molecule has 5 aliphatic carbocycles. The van der Waals surface area contributed by atoms with E-state index in [0.29, 0.717) is 35.4 Å². The van der Waals surface area contributed by atoms with Crippen LogP contribution in [0.5, 0.6) is 0 Å². The van der Waals surface area contributed by atoms with Crippen LogP contribution in [0, 0.1) is 56.7 Å². The van der Waals surface area contributed by atoms with Crippen LogP contribution in [-0.2, 0) is 14.3 Å². The van der Waals surface area contributed by atoms with Crippen LogP contribution >= 0.6 is 0 Å². The van der Waals surface area contributed by atoms with Crippen LogP contribution in [-0.4, -0.2) is 17.9 Å². The van der Waals surface area contributed by atoms with Gasteiger partial charge in [-0.1, -0.05) is 222 Å². The standard InChI is InChI=1S/C58H102O3/c1-10-11-12-13-14-15-16-17-18-19-20-21-22-23-24-25-26-27-28-29-30-31-32-33-34-35-51(60)61-50-38-40-56(7)49(54(50,4)5)37-41-58(9)53(56)48(59)44-47-52-46(3)45(2)36-39-55(52,6)42-43-57(47,58)8/h44-46,49-50,52-53H,10-43H2,1-9H3/t45-,46+,49-,50+,52-,53+,55-,56+,57+,58+/m0/s1. The number of unbranched alkanes of at least 4 members (excludes halogenated alkanes) is 24. The van der Waals surface area contributed by atoms with Crippen molar-refractivity contribution in [1.82, 2.24) is 0 Å². The van der Waals surface area contributed by atoms with Gasteiger partial charge in [0.1, 0.15) is 6.10 Å². The Labute approximate surface area is 379 Å². The number of allylic oxidation sites excluding steroid dienone is 2. The van der Waals surface area contributed by atoms with E-state index in [4.69, 9.17) is 4.74 Å². The summed E-state index contributed by atoms with van der Waals surface area (Å²) in [4.78, 5) is 28.1. The van der Waals surface area contributed by atoms with Gasteiger partial charge in [-0.25, -0.2) is 0 Å². The van der Waals surface area contributed by atoms with Crippen LogP contribution in [0.4, 0.5) is 0 Å². The van der Waals surface area contributed by atoms with E-state index in [1.807, 2.05) is 0 Å². The van der Waals surface area contributed by atoms with E-state index in [2.05, 4.69) is 68.4 Å². The predicted molar refractivity (Wildman–Crippen MR) is 261 cm³/mol. The second-order valence-corrected chi connectivity index (χ2v) is 24.4. The van der Waals surface area contributed by atoms with Crippen molar-refractivity contribution in [2.45, 2.75) is 287 Å². The van der Waals surface area contributed by atoms with E-state index >= 15 is 0 Å². The fourth-order valence-corrected chi connectivity index (χ4v) is 15.5. The molecule has 0 N–H and O–H groups in total. The van der Waals surface area contributed by atoms with Crippen molar-refractivity contribution in [2.24, 2.45) is 56.7 Å². The molecule has 10 atom stereocenters. The molecule has 0 unspecified atom stereocenters. The zero-order chi connectivity index (χ0) is 44.2. The number of rotatable bonds is 27. The van der Waals surface area contributed by atoms with E-state index in [-0.39, 0.29) is 39.7 Å². The molecule has 3 heteroatoms. The van der Waals surface area contributed by atoms with Crippen molar-refractivity contribution < 1.29 is 14.3 Å². The monoisotopic (exact) mass is 847 g/mol. The lowest BCUT2D eigenvalue weighted by atomic mass is 9.33. The second-order valence-electron chi connectivity index (χ2n) is 24.4. The van der Waals surface area contributed by atoms with Gasteiger partial charge in [-0.3, -0.25) is 9.59 Å². The van der Waals surface area contributed by atoms with Crippen LogP contribution in [0.2, 0.25) is 0 Å². The molecule has 5 rings (SSSR count). The van der Waals surface area contributed by atoms with Crippen molar-refractivity contribution in [3.05, 3.63) is 11.6 Å². The molecule has 0 amide bonds. The largest absolute Gasteiger partial charge is 0.462 e. The van der Waals surface area contributed by atoms with Crippen molar-refractivity contribution in [3.8, 4) is 0 Å². The molecular weight excluding hydrogens is 745 g/mol. The van der Waals surface area contributed by atoms with Crippen molar-refractivity contribution in [2.75, 3.05) is 0 Å². The highest BCUT2D eigenvalue weighted by atomic mass is 16.5. The van der Waals surface area contributed by atoms with Gasteiger partial charge in [-0.2, -0.15) is 0 Å². The molecule has 4 saturated carbocycles. The summed E-state index contributed by atoms with van der Waals surface area (Å²) in [5, 5.41) is 0. The molecule has 5 aliphatic rings. The molecular formula is C58H102O3. The molecule has 0 heterocycles. The van der Waals surface area contributed by atoms with E-state index in [0.717, 1.165) is 44.4 Å². The van der Waals surface area contributed by atoms with Gasteiger partial charge in [0.25, 0.3) is 0 Å². The van der Waals surface area contributed by atoms with Crippen LogP contribution in [0.1, 0.15) is 281 Å². The first-order valence-electron chi connectivity index (χ1n) is 27.6. The number of hydrogen-bond donors (Lipinski definition) is 0. The molecule has 0 radical (unpaired) electrons. The Kier molecular flexibility index (Phi) is 19.5. The summed E-state index contributed by atoms with van der Waals surface area (Å²) in [5.74, 6) is 2.74. The smallest absolute Gasteiger partial charge is 0.306 e. The van der Waals surface area contributed by atoms with Gasteiger partial charge in [0.15, 0.2) is 5.78 Å². The first kappa shape index (κ1) is 50.9. The lowest BCUT2D eigenvalue weighted by Gasteiger charge is -2.70. The topological polar surface area (TPSA) is 43.4 Å². The van der Waals surface area contributed by atoms with E-state index < -0.39 is 0 Å². The number of hydrogen-bond acceptors (Lipinski definition) is 3. The maximum atomic E-state index is 14.7. The zero-order valence-corrected chi connectivity index (χ0v) is 42.3. The summed E-state index contributed by atoms with van der Waals surface area (Å²) in [6.45, 7) is 22.1. The summed E-state index contributed by atoms with van der Waals surface area (Å²) < 4.78 is 6.41. The molecule has 3 nitrogen and oxygen atoms in total. The van der Waals surface area contributed by atoms with Gasteiger partial charge in [0.05, 0.1) is 0 Å². The maximum absolute atomic E-state index is 14.7. The zero-order valence-electron chi connectivity index (χ0n) is 42.3. The lowest BCUT2D eigenvalue weighted by Crippen LogP contribution is -2.67. The van der Waals surface area contributed by atoms with Gasteiger partial charge >= 0.3 is 5.97 Å². The molecule has 0 bridgehead atoms. The number of ether oxygens (including phenoxy) is 1. The summed E-state index contributed by atoms with van der Waals surface area (Å²) in [6.07, 6.45) is 46.7. The molecule has 0 saturated heterocycles. The average molecular weight is 847 g/mol. The Morgan fingerprint density at radius 1 is 0.590 bits per heavy atom. The highest BCUT2D eigenvalue weighted by Gasteiger charge is 2.70. The van der Waals surface area contributed by atoms with Gasteiger partial charge in [0.2, 0.25) is 0 Å². The SMILES string of the molecule is CCCCCCCCCCCCCCCCCCCCCCCCCCCC(=O)O[C@@H]1CC[C@@]2(C)[C@H]3C(=O)C=C4[C@@H]5[C@H](C)[C@@H](C)CC[C@@]5(C)CC[C@@]4(C)[C@]3(C)CC[C@H]2C1(C)C. The Morgan fingerprint density at radius 2 is 1.07 bits per heavy atom. The molecule has 0 aromatic carbocycles. The third-order valence-electron chi connectivity index (χ3n) is 19.8. The molecule has 0 aliphatic heterocycles. The third kappa shape index (κ3) is 12.0. The molecule has 61 heavy (non-hydrogen) atoms. The summed E-state index contributed by atoms with van der Waals surface area (Å²) >= 11 is 0. The average Bonchev–Trinajstić information content (AvgIpc) is 3.21. The summed E-state index contributed by atoms with van der Waals surface area (Å²) in [7, 11) is 0. The van der Waals surface area contributed by atoms with Crippen molar-refractivity contribution in [1.29, 1.82) is 0 Å². The van der Waals surface area contributed by atoms with E-state index in [9.17, 15) is 9.59 Å². The van der Waals surface area contributed by atoms with Gasteiger partial charge in [-0.05, 0) is 109 Å². The summed E-state index contributed by atoms with van der Waals surface area (Å²) in [5.41, 5.74) is 1.71. The molecule has 0 aromatic rings. The number of carbonyl (C=O) groups excluding carboxylic acids is 2. The van der Waals surface area contributed by atoms with Crippen LogP contribution in [0.3, 0.4) is 0 Å². The van der Waals surface area contributed by atoms with Crippen molar-refractivity contribution >= 4 is 11.8 Å². The first-order chi connectivity index (χ1) is 29.2. The fourth-order valence-electron chi connectivity index (χ4n) is 15.5. The lowest BCUT2D eigenvalue weighted by molar-refractivity contribution is -0.211. The molecule has 352 valence electrons. The maximum Gasteiger partial charge on any atom is 0.306 e. The van der Waals surface area contributed by atoms with Crippen LogP contribution in [0.15, 0.2) is 11.6 Å².